The Balaban J connectivity index is 1.26. The molecule has 2 aliphatic carbocycles. The van der Waals surface area contributed by atoms with Crippen LogP contribution in [0.5, 0.6) is 11.6 Å². The zero-order valence-electron chi connectivity index (χ0n) is 18.8. The first-order valence-corrected chi connectivity index (χ1v) is 11.7. The van der Waals surface area contributed by atoms with Crippen LogP contribution >= 0.6 is 0 Å². The molecule has 6 heteroatoms. The minimum absolute atomic E-state index is 0.329. The first-order valence-electron chi connectivity index (χ1n) is 11.7. The topological polar surface area (TPSA) is 70.5 Å². The summed E-state index contributed by atoms with van der Waals surface area (Å²) < 4.78 is 16.9. The molecule has 2 aliphatic rings. The van der Waals surface area contributed by atoms with Crippen molar-refractivity contribution in [3.05, 3.63) is 71.7 Å². The minimum atomic E-state index is -0.329. The highest BCUT2D eigenvalue weighted by Gasteiger charge is 2.28. The van der Waals surface area contributed by atoms with E-state index in [1.54, 1.807) is 13.1 Å². The number of aromatic nitrogens is 2. The highest BCUT2D eigenvalue weighted by molar-refractivity contribution is 5.89. The van der Waals surface area contributed by atoms with Crippen molar-refractivity contribution in [3.8, 4) is 22.8 Å². The van der Waals surface area contributed by atoms with Crippen LogP contribution in [-0.2, 0) is 11.3 Å². The van der Waals surface area contributed by atoms with Gasteiger partial charge in [0.25, 0.3) is 0 Å². The molecule has 5 rings (SSSR count). The molecule has 0 aliphatic heterocycles. The van der Waals surface area contributed by atoms with E-state index in [0.717, 1.165) is 47.6 Å². The van der Waals surface area contributed by atoms with Gasteiger partial charge in [0.15, 0.2) is 0 Å². The average Bonchev–Trinajstić information content (AvgIpc) is 3.77. The fourth-order valence-corrected chi connectivity index (χ4v) is 3.75. The Kier molecular flexibility index (Phi) is 6.24. The third kappa shape index (κ3) is 5.51. The van der Waals surface area contributed by atoms with Crippen molar-refractivity contribution < 1.29 is 19.0 Å². The van der Waals surface area contributed by atoms with Crippen molar-refractivity contribution in [2.24, 2.45) is 5.92 Å². The van der Waals surface area contributed by atoms with Gasteiger partial charge in [0, 0.05) is 24.0 Å². The standard InChI is InChI=1S/C27H28N2O4/c1-2-31-27(30)22-13-24(19-8-9-19)25(28-15-22)17-32-23-5-3-4-20(12-23)21-10-11-26(29-14-21)33-16-18-6-7-18/h3-5,10-15,18-19H,2,6-9,16-17H2,1H3. The van der Waals surface area contributed by atoms with Gasteiger partial charge in [0.1, 0.15) is 12.4 Å². The second-order valence-electron chi connectivity index (χ2n) is 8.71. The molecule has 0 atom stereocenters. The number of benzene rings is 1. The van der Waals surface area contributed by atoms with E-state index >= 15 is 0 Å². The number of carbonyl (C=O) groups excluding carboxylic acids is 1. The molecule has 2 aromatic heterocycles. The summed E-state index contributed by atoms with van der Waals surface area (Å²) in [5.41, 5.74) is 4.50. The van der Waals surface area contributed by atoms with Crippen molar-refractivity contribution in [3.63, 3.8) is 0 Å². The summed E-state index contributed by atoms with van der Waals surface area (Å²) in [6, 6.07) is 13.8. The Bertz CT molecular complexity index is 1120. The molecule has 2 heterocycles. The Hall–Kier alpha value is -3.41. The normalized spacial score (nSPS) is 15.2. The first-order chi connectivity index (χ1) is 16.2. The predicted octanol–water partition coefficient (Wildman–Crippen LogP) is 5.57. The summed E-state index contributed by atoms with van der Waals surface area (Å²) in [4.78, 5) is 21.1. The van der Waals surface area contributed by atoms with E-state index in [1.807, 2.05) is 48.7 Å². The largest absolute Gasteiger partial charge is 0.487 e. The molecule has 0 amide bonds. The highest BCUT2D eigenvalue weighted by atomic mass is 16.5. The summed E-state index contributed by atoms with van der Waals surface area (Å²) in [5, 5.41) is 0. The van der Waals surface area contributed by atoms with Gasteiger partial charge >= 0.3 is 5.97 Å². The van der Waals surface area contributed by atoms with Crippen LogP contribution in [-0.4, -0.2) is 29.2 Å². The molecule has 0 N–H and O–H groups in total. The van der Waals surface area contributed by atoms with Crippen LogP contribution in [0, 0.1) is 5.92 Å². The maximum absolute atomic E-state index is 12.1. The van der Waals surface area contributed by atoms with Gasteiger partial charge in [-0.1, -0.05) is 12.1 Å². The average molecular weight is 445 g/mol. The molecule has 2 saturated carbocycles. The molecule has 2 fully saturated rings. The van der Waals surface area contributed by atoms with Crippen LogP contribution in [0.2, 0.25) is 0 Å². The van der Waals surface area contributed by atoms with E-state index in [1.165, 1.54) is 12.8 Å². The summed E-state index contributed by atoms with van der Waals surface area (Å²) in [6.07, 6.45) is 8.17. The Labute approximate surface area is 193 Å². The molecule has 170 valence electrons. The second kappa shape index (κ2) is 9.61. The van der Waals surface area contributed by atoms with Gasteiger partial charge in [0.2, 0.25) is 5.88 Å². The number of pyridine rings is 2. The molecule has 33 heavy (non-hydrogen) atoms. The number of hydrogen-bond donors (Lipinski definition) is 0. The Morgan fingerprint density at radius 2 is 1.85 bits per heavy atom. The van der Waals surface area contributed by atoms with Crippen LogP contribution in [0.1, 0.15) is 60.1 Å². The summed E-state index contributed by atoms with van der Waals surface area (Å²) in [6.45, 7) is 3.26. The van der Waals surface area contributed by atoms with Gasteiger partial charge in [0.05, 0.1) is 24.5 Å². The molecule has 3 aromatic rings. The molecule has 0 unspecified atom stereocenters. The molecule has 0 saturated heterocycles. The van der Waals surface area contributed by atoms with Crippen molar-refractivity contribution in [1.29, 1.82) is 0 Å². The number of ether oxygens (including phenoxy) is 3. The van der Waals surface area contributed by atoms with Crippen molar-refractivity contribution in [2.75, 3.05) is 13.2 Å². The van der Waals surface area contributed by atoms with E-state index in [9.17, 15) is 4.79 Å². The third-order valence-corrected chi connectivity index (χ3v) is 5.98. The maximum atomic E-state index is 12.1. The number of nitrogens with zero attached hydrogens (tertiary/aromatic N) is 2. The van der Waals surface area contributed by atoms with E-state index in [-0.39, 0.29) is 5.97 Å². The fourth-order valence-electron chi connectivity index (χ4n) is 3.75. The fraction of sp³-hybridized carbons (Fsp3) is 0.370. The molecule has 0 spiro atoms. The number of rotatable bonds is 10. The van der Waals surface area contributed by atoms with E-state index in [2.05, 4.69) is 9.97 Å². The first kappa shape index (κ1) is 21.4. The number of esters is 1. The second-order valence-corrected chi connectivity index (χ2v) is 8.71. The molecular weight excluding hydrogens is 416 g/mol. The zero-order valence-corrected chi connectivity index (χ0v) is 18.8. The lowest BCUT2D eigenvalue weighted by Crippen LogP contribution is -2.09. The molecule has 6 nitrogen and oxygen atoms in total. The summed E-state index contributed by atoms with van der Waals surface area (Å²) in [7, 11) is 0. The lowest BCUT2D eigenvalue weighted by molar-refractivity contribution is 0.0525. The molecular formula is C27H28N2O4. The van der Waals surface area contributed by atoms with E-state index in [0.29, 0.717) is 36.5 Å². The monoisotopic (exact) mass is 444 g/mol. The molecule has 0 bridgehead atoms. The van der Waals surface area contributed by atoms with Crippen LogP contribution in [0.15, 0.2) is 54.9 Å². The Morgan fingerprint density at radius 3 is 2.58 bits per heavy atom. The molecule has 1 aromatic carbocycles. The van der Waals surface area contributed by atoms with Crippen LogP contribution in [0.25, 0.3) is 11.1 Å². The van der Waals surface area contributed by atoms with Crippen molar-refractivity contribution in [1.82, 2.24) is 9.97 Å². The van der Waals surface area contributed by atoms with Crippen LogP contribution in [0.4, 0.5) is 0 Å². The zero-order chi connectivity index (χ0) is 22.6. The lowest BCUT2D eigenvalue weighted by Gasteiger charge is -2.12. The Morgan fingerprint density at radius 1 is 0.970 bits per heavy atom. The van der Waals surface area contributed by atoms with Crippen LogP contribution < -0.4 is 9.47 Å². The van der Waals surface area contributed by atoms with Gasteiger partial charge in [-0.15, -0.1) is 0 Å². The smallest absolute Gasteiger partial charge is 0.339 e. The van der Waals surface area contributed by atoms with Gasteiger partial charge in [-0.3, -0.25) is 4.98 Å². The number of hydrogen-bond acceptors (Lipinski definition) is 6. The summed E-state index contributed by atoms with van der Waals surface area (Å²) in [5.74, 6) is 2.26. The minimum Gasteiger partial charge on any atom is -0.487 e. The van der Waals surface area contributed by atoms with Crippen LogP contribution in [0.3, 0.4) is 0 Å². The van der Waals surface area contributed by atoms with Gasteiger partial charge in [-0.2, -0.15) is 0 Å². The highest BCUT2D eigenvalue weighted by Crippen LogP contribution is 2.42. The lowest BCUT2D eigenvalue weighted by atomic mass is 10.1. The van der Waals surface area contributed by atoms with Crippen molar-refractivity contribution >= 4 is 5.97 Å². The van der Waals surface area contributed by atoms with E-state index < -0.39 is 0 Å². The van der Waals surface area contributed by atoms with Gasteiger partial charge in [-0.25, -0.2) is 9.78 Å². The van der Waals surface area contributed by atoms with Gasteiger partial charge < -0.3 is 14.2 Å². The van der Waals surface area contributed by atoms with E-state index in [4.69, 9.17) is 14.2 Å². The quantitative estimate of drug-likeness (QED) is 0.381. The van der Waals surface area contributed by atoms with Gasteiger partial charge in [-0.05, 0) is 79.8 Å². The third-order valence-electron chi connectivity index (χ3n) is 5.98. The SMILES string of the molecule is CCOC(=O)c1cnc(COc2cccc(-c3ccc(OCC4CC4)nc3)c2)c(C2CC2)c1. The number of carbonyl (C=O) groups is 1. The molecule has 0 radical (unpaired) electrons. The predicted molar refractivity (Wildman–Crippen MR) is 124 cm³/mol. The van der Waals surface area contributed by atoms with Crippen molar-refractivity contribution in [2.45, 2.75) is 45.1 Å². The maximum Gasteiger partial charge on any atom is 0.339 e. The summed E-state index contributed by atoms with van der Waals surface area (Å²) >= 11 is 0.